The van der Waals surface area contributed by atoms with Crippen molar-refractivity contribution in [3.05, 3.63) is 0 Å². The van der Waals surface area contributed by atoms with Crippen molar-refractivity contribution in [3.63, 3.8) is 0 Å². The Balaban J connectivity index is 1.40. The number of esters is 1. The number of hydrogen-bond donors (Lipinski definition) is 0. The van der Waals surface area contributed by atoms with Gasteiger partial charge in [0.15, 0.2) is 0 Å². The Morgan fingerprint density at radius 2 is 1.88 bits per heavy atom. The normalized spacial score (nSPS) is 56.8. The van der Waals surface area contributed by atoms with Crippen LogP contribution in [0, 0.1) is 35.0 Å². The van der Waals surface area contributed by atoms with Gasteiger partial charge < -0.3 is 0 Å². The minimum absolute atomic E-state index is 0.0813. The number of alkyl halides is 3. The summed E-state index contributed by atoms with van der Waals surface area (Å²) < 4.78 is 19.6. The van der Waals surface area contributed by atoms with Crippen LogP contribution in [0.2, 0.25) is 0 Å². The predicted octanol–water partition coefficient (Wildman–Crippen LogP) is 6.70. The number of rotatable bonds is 4. The molecule has 0 N–H and O–H groups in total. The molecule has 182 valence electrons. The number of carbonyl (C=O) groups excluding carboxylic acids is 1. The summed E-state index contributed by atoms with van der Waals surface area (Å²) in [5.74, 6) is 2.60. The molecule has 0 radical (unpaired) electrons. The fourth-order valence-corrected chi connectivity index (χ4v) is 19.1. The molecule has 10 unspecified atom stereocenters. The van der Waals surface area contributed by atoms with Crippen LogP contribution in [0.15, 0.2) is 0 Å². The summed E-state index contributed by atoms with van der Waals surface area (Å²) in [6.45, 7) is 10.8. The second-order valence-corrected chi connectivity index (χ2v) is 19.9. The van der Waals surface area contributed by atoms with Crippen molar-refractivity contribution >= 4 is 48.8 Å². The van der Waals surface area contributed by atoms with Gasteiger partial charge in [-0.25, -0.2) is 0 Å². The predicted molar refractivity (Wildman–Crippen MR) is 142 cm³/mol. The quantitative estimate of drug-likeness (QED) is 0.145. The molecular formula is C26H40I2O4. The van der Waals surface area contributed by atoms with Crippen LogP contribution in [0.5, 0.6) is 0 Å². The zero-order valence-electron chi connectivity index (χ0n) is 20.1. The molecule has 32 heavy (non-hydrogen) atoms. The van der Waals surface area contributed by atoms with E-state index in [0.717, 1.165) is 13.0 Å². The fourth-order valence-electron chi connectivity index (χ4n) is 9.03. The van der Waals surface area contributed by atoms with E-state index < -0.39 is 20.2 Å². The van der Waals surface area contributed by atoms with E-state index in [1.165, 1.54) is 51.4 Å². The number of fused-ring (bicyclic) bond motifs is 5. The van der Waals surface area contributed by atoms with E-state index in [4.69, 9.17) is 12.5 Å². The van der Waals surface area contributed by atoms with Crippen molar-refractivity contribution in [2.75, 3.05) is 13.2 Å². The molecule has 4 nitrogen and oxygen atoms in total. The van der Waals surface area contributed by atoms with Crippen molar-refractivity contribution < 1.29 is 17.3 Å². The maximum atomic E-state index is 13.5. The van der Waals surface area contributed by atoms with E-state index in [-0.39, 0.29) is 17.5 Å². The van der Waals surface area contributed by atoms with Crippen LogP contribution < -0.4 is 0 Å². The average Bonchev–Trinajstić information content (AvgIpc) is 3.68. The fraction of sp³-hybridized carbons (Fsp3) is 0.962. The molecule has 6 aliphatic rings. The van der Waals surface area contributed by atoms with Crippen molar-refractivity contribution in [2.24, 2.45) is 35.0 Å². The molecule has 4 aliphatic carbocycles. The van der Waals surface area contributed by atoms with Gasteiger partial charge in [0.25, 0.3) is 0 Å². The van der Waals surface area contributed by atoms with Gasteiger partial charge in [0, 0.05) is 0 Å². The molecule has 2 heterocycles. The van der Waals surface area contributed by atoms with Crippen LogP contribution in [0.4, 0.5) is 0 Å². The molecule has 6 rings (SSSR count). The van der Waals surface area contributed by atoms with Gasteiger partial charge in [-0.15, -0.1) is 0 Å². The zero-order chi connectivity index (χ0) is 22.5. The zero-order valence-corrected chi connectivity index (χ0v) is 24.4. The Morgan fingerprint density at radius 1 is 1.12 bits per heavy atom. The van der Waals surface area contributed by atoms with Crippen molar-refractivity contribution in [1.29, 1.82) is 0 Å². The number of carbonyl (C=O) groups is 1. The third-order valence-electron chi connectivity index (χ3n) is 10.8. The number of halogens is 2. The molecule has 2 aliphatic heterocycles. The standard InChI is InChI=1S/C26H40I2O4/c1-5-20-28(32-20)26-10-8-18-21(19(26)7-9-24(26,4)27)17(22(29)30-6-2)13-16-14-25(15-31-25)12-11-23(16,18)3/h16-21H,5-15H2,1-4H3. The Morgan fingerprint density at radius 3 is 2.53 bits per heavy atom. The van der Waals surface area contributed by atoms with Crippen LogP contribution in [0.1, 0.15) is 85.5 Å². The molecule has 0 aromatic rings. The summed E-state index contributed by atoms with van der Waals surface area (Å²) in [6, 6.07) is 0. The van der Waals surface area contributed by atoms with Gasteiger partial charge in [-0.05, 0) is 0 Å². The Kier molecular flexibility index (Phi) is 5.58. The van der Waals surface area contributed by atoms with E-state index in [0.29, 0.717) is 46.6 Å². The second-order valence-electron chi connectivity index (χ2n) is 12.1. The molecule has 6 fully saturated rings. The van der Waals surface area contributed by atoms with Gasteiger partial charge in [0.2, 0.25) is 0 Å². The van der Waals surface area contributed by atoms with Crippen molar-refractivity contribution in [2.45, 2.75) is 102 Å². The van der Waals surface area contributed by atoms with Crippen LogP contribution in [-0.2, 0) is 17.3 Å². The third kappa shape index (κ3) is 3.12. The second kappa shape index (κ2) is 7.67. The molecule has 4 saturated carbocycles. The first kappa shape index (κ1) is 23.3. The first-order valence-corrected chi connectivity index (χ1v) is 17.3. The van der Waals surface area contributed by atoms with Gasteiger partial charge in [-0.1, -0.05) is 0 Å². The Bertz CT molecular complexity index is 797. The number of ether oxygens (including phenoxy) is 2. The van der Waals surface area contributed by atoms with Gasteiger partial charge >= 0.3 is 216 Å². The third-order valence-corrected chi connectivity index (χ3v) is 20.8. The van der Waals surface area contributed by atoms with Crippen molar-refractivity contribution in [3.8, 4) is 0 Å². The topological polar surface area (TPSA) is 51.4 Å². The van der Waals surface area contributed by atoms with E-state index in [1.54, 1.807) is 0 Å². The monoisotopic (exact) mass is 670 g/mol. The Labute approximate surface area is 215 Å². The van der Waals surface area contributed by atoms with E-state index >= 15 is 0 Å². The molecule has 10 atom stereocenters. The molecule has 0 bridgehead atoms. The molecule has 0 amide bonds. The molecule has 0 aromatic heterocycles. The summed E-state index contributed by atoms with van der Waals surface area (Å²) in [7, 11) is 0. The van der Waals surface area contributed by atoms with Gasteiger partial charge in [-0.3, -0.25) is 0 Å². The first-order chi connectivity index (χ1) is 15.2. The van der Waals surface area contributed by atoms with E-state index in [1.807, 2.05) is 6.92 Å². The summed E-state index contributed by atoms with van der Waals surface area (Å²) in [5, 5.41) is 0. The van der Waals surface area contributed by atoms with Gasteiger partial charge in [-0.2, -0.15) is 0 Å². The molecule has 2 saturated heterocycles. The number of hydrogen-bond acceptors (Lipinski definition) is 4. The van der Waals surface area contributed by atoms with Gasteiger partial charge in [0.05, 0.1) is 0 Å². The van der Waals surface area contributed by atoms with Crippen molar-refractivity contribution in [1.82, 2.24) is 0 Å². The Hall–Kier alpha value is 0.850. The average molecular weight is 670 g/mol. The minimum atomic E-state index is -1.48. The van der Waals surface area contributed by atoms with Crippen LogP contribution in [0.25, 0.3) is 0 Å². The molecule has 1 spiro atoms. The molecule has 0 aromatic carbocycles. The summed E-state index contributed by atoms with van der Waals surface area (Å²) in [4.78, 5) is 13.5. The van der Waals surface area contributed by atoms with E-state index in [2.05, 4.69) is 43.4 Å². The molecular weight excluding hydrogens is 630 g/mol. The van der Waals surface area contributed by atoms with Crippen LogP contribution in [-0.4, -0.2) is 35.7 Å². The van der Waals surface area contributed by atoms with E-state index in [9.17, 15) is 4.79 Å². The van der Waals surface area contributed by atoms with Crippen LogP contribution in [0.3, 0.4) is 0 Å². The SMILES string of the molecule is CCOC(=O)C1CC2CC3(CCC2(C)C2CCC4(I5OC5CC)C(CCC4(C)I)C12)CO3. The van der Waals surface area contributed by atoms with Crippen LogP contribution >= 0.6 is 42.8 Å². The summed E-state index contributed by atoms with van der Waals surface area (Å²) >= 11 is 1.34. The number of epoxide rings is 1. The summed E-state index contributed by atoms with van der Waals surface area (Å²) in [5.41, 5.74) is 0.520. The summed E-state index contributed by atoms with van der Waals surface area (Å²) in [6.07, 6.45) is 11.1. The van der Waals surface area contributed by atoms with Gasteiger partial charge in [0.1, 0.15) is 0 Å². The molecule has 6 heteroatoms. The maximum absolute atomic E-state index is 13.5. The first-order valence-electron chi connectivity index (χ1n) is 13.1.